The maximum Gasteiger partial charge on any atom is 0.257 e. The monoisotopic (exact) mass is 355 g/mol. The van der Waals surface area contributed by atoms with Crippen LogP contribution >= 0.6 is 0 Å². The molecule has 26 heavy (non-hydrogen) atoms. The first kappa shape index (κ1) is 17.3. The SMILES string of the molecule is COc1cccc(NC(=O)c2ccc(Nc3ccc(F)c(F)c3)nc2)c1. The Labute approximate surface area is 148 Å². The first-order valence-electron chi connectivity index (χ1n) is 7.69. The van der Waals surface area contributed by atoms with Gasteiger partial charge in [0.1, 0.15) is 11.6 Å². The Hall–Kier alpha value is -3.48. The summed E-state index contributed by atoms with van der Waals surface area (Å²) in [6, 6.07) is 13.6. The molecule has 0 saturated carbocycles. The molecule has 7 heteroatoms. The van der Waals surface area contributed by atoms with Crippen molar-refractivity contribution < 1.29 is 18.3 Å². The molecule has 0 aliphatic carbocycles. The van der Waals surface area contributed by atoms with E-state index in [0.717, 1.165) is 12.1 Å². The topological polar surface area (TPSA) is 63.2 Å². The number of nitrogens with zero attached hydrogens (tertiary/aromatic N) is 1. The lowest BCUT2D eigenvalue weighted by atomic mass is 10.2. The van der Waals surface area contributed by atoms with E-state index in [1.54, 1.807) is 43.5 Å². The Kier molecular flexibility index (Phi) is 5.07. The molecule has 2 N–H and O–H groups in total. The Bertz CT molecular complexity index is 930. The summed E-state index contributed by atoms with van der Waals surface area (Å²) in [5.41, 5.74) is 1.30. The number of nitrogens with one attached hydrogen (secondary N) is 2. The van der Waals surface area contributed by atoms with Gasteiger partial charge in [-0.3, -0.25) is 4.79 Å². The lowest BCUT2D eigenvalue weighted by Gasteiger charge is -2.08. The molecule has 1 amide bonds. The maximum atomic E-state index is 13.2. The molecule has 2 aromatic carbocycles. The molecule has 0 atom stereocenters. The second kappa shape index (κ2) is 7.60. The summed E-state index contributed by atoms with van der Waals surface area (Å²) in [7, 11) is 1.55. The molecule has 3 rings (SSSR count). The van der Waals surface area contributed by atoms with Gasteiger partial charge in [0.25, 0.3) is 5.91 Å². The van der Waals surface area contributed by atoms with Gasteiger partial charge in [-0.05, 0) is 36.4 Å². The summed E-state index contributed by atoms with van der Waals surface area (Å²) < 4.78 is 31.3. The van der Waals surface area contributed by atoms with Crippen LogP contribution < -0.4 is 15.4 Å². The molecule has 0 radical (unpaired) electrons. The molecule has 0 fully saturated rings. The molecule has 1 heterocycles. The quantitative estimate of drug-likeness (QED) is 0.714. The number of pyridine rings is 1. The summed E-state index contributed by atoms with van der Waals surface area (Å²) in [5, 5.41) is 5.58. The summed E-state index contributed by atoms with van der Waals surface area (Å²) in [6.07, 6.45) is 1.39. The number of rotatable bonds is 5. The lowest BCUT2D eigenvalue weighted by Crippen LogP contribution is -2.12. The van der Waals surface area contributed by atoms with Crippen LogP contribution in [0.4, 0.5) is 26.0 Å². The van der Waals surface area contributed by atoms with Gasteiger partial charge in [-0.15, -0.1) is 0 Å². The number of hydrogen-bond donors (Lipinski definition) is 2. The molecular weight excluding hydrogens is 340 g/mol. The highest BCUT2D eigenvalue weighted by Gasteiger charge is 2.08. The van der Waals surface area contributed by atoms with E-state index in [-0.39, 0.29) is 5.91 Å². The molecule has 0 saturated heterocycles. The van der Waals surface area contributed by atoms with Crippen molar-refractivity contribution in [3.05, 3.63) is 78.0 Å². The van der Waals surface area contributed by atoms with Crippen LogP contribution in [0.2, 0.25) is 0 Å². The van der Waals surface area contributed by atoms with Crippen LogP contribution in [0.1, 0.15) is 10.4 Å². The molecule has 3 aromatic rings. The Morgan fingerprint density at radius 2 is 1.85 bits per heavy atom. The van der Waals surface area contributed by atoms with E-state index in [0.29, 0.717) is 28.5 Å². The highest BCUT2D eigenvalue weighted by Crippen LogP contribution is 2.19. The number of methoxy groups -OCH3 is 1. The van der Waals surface area contributed by atoms with Gasteiger partial charge < -0.3 is 15.4 Å². The van der Waals surface area contributed by atoms with Crippen molar-refractivity contribution in [3.63, 3.8) is 0 Å². The minimum absolute atomic E-state index is 0.329. The summed E-state index contributed by atoms with van der Waals surface area (Å²) in [5.74, 6) is -1.18. The second-order valence-electron chi connectivity index (χ2n) is 5.37. The largest absolute Gasteiger partial charge is 0.497 e. The van der Waals surface area contributed by atoms with Gasteiger partial charge in [0.15, 0.2) is 11.6 Å². The van der Waals surface area contributed by atoms with E-state index in [1.165, 1.54) is 12.3 Å². The van der Waals surface area contributed by atoms with Crippen LogP contribution in [0.3, 0.4) is 0 Å². The standard InChI is InChI=1S/C19H15F2N3O2/c1-26-15-4-2-3-13(9-15)24-19(25)12-5-8-18(22-11-12)23-14-6-7-16(20)17(21)10-14/h2-11H,1H3,(H,22,23)(H,24,25). The van der Waals surface area contributed by atoms with Gasteiger partial charge in [0.05, 0.1) is 12.7 Å². The van der Waals surface area contributed by atoms with E-state index < -0.39 is 11.6 Å². The second-order valence-corrected chi connectivity index (χ2v) is 5.37. The molecule has 5 nitrogen and oxygen atoms in total. The predicted molar refractivity (Wildman–Crippen MR) is 94.8 cm³/mol. The van der Waals surface area contributed by atoms with E-state index in [4.69, 9.17) is 4.74 Å². The van der Waals surface area contributed by atoms with Crippen molar-refractivity contribution in [2.45, 2.75) is 0 Å². The van der Waals surface area contributed by atoms with E-state index in [2.05, 4.69) is 15.6 Å². The Morgan fingerprint density at radius 3 is 2.54 bits per heavy atom. The number of ether oxygens (including phenoxy) is 1. The third kappa shape index (κ3) is 4.13. The number of anilines is 3. The molecule has 1 aromatic heterocycles. The van der Waals surface area contributed by atoms with Crippen molar-refractivity contribution in [2.75, 3.05) is 17.7 Å². The molecule has 132 valence electrons. The molecule has 0 aliphatic heterocycles. The third-order valence-corrected chi connectivity index (χ3v) is 3.55. The molecule has 0 spiro atoms. The number of halogens is 2. The van der Waals surface area contributed by atoms with Crippen LogP contribution in [-0.2, 0) is 0 Å². The average Bonchev–Trinajstić information content (AvgIpc) is 2.65. The lowest BCUT2D eigenvalue weighted by molar-refractivity contribution is 0.102. The van der Waals surface area contributed by atoms with Crippen LogP contribution in [0.25, 0.3) is 0 Å². The zero-order valence-electron chi connectivity index (χ0n) is 13.8. The van der Waals surface area contributed by atoms with Crippen molar-refractivity contribution in [1.82, 2.24) is 4.98 Å². The molecule has 0 unspecified atom stereocenters. The number of carbonyl (C=O) groups excluding carboxylic acids is 1. The highest BCUT2D eigenvalue weighted by atomic mass is 19.2. The van der Waals surface area contributed by atoms with Gasteiger partial charge in [0.2, 0.25) is 0 Å². The fourth-order valence-corrected chi connectivity index (χ4v) is 2.23. The molecule has 0 bridgehead atoms. The van der Waals surface area contributed by atoms with Crippen LogP contribution in [0, 0.1) is 11.6 Å². The Balaban J connectivity index is 1.68. The Morgan fingerprint density at radius 1 is 1.00 bits per heavy atom. The number of hydrogen-bond acceptors (Lipinski definition) is 4. The predicted octanol–water partition coefficient (Wildman–Crippen LogP) is 4.36. The number of carbonyl (C=O) groups is 1. The van der Waals surface area contributed by atoms with Crippen molar-refractivity contribution in [1.29, 1.82) is 0 Å². The van der Waals surface area contributed by atoms with E-state index in [1.807, 2.05) is 0 Å². The average molecular weight is 355 g/mol. The van der Waals surface area contributed by atoms with Crippen molar-refractivity contribution >= 4 is 23.1 Å². The normalized spacial score (nSPS) is 10.3. The first-order valence-corrected chi connectivity index (χ1v) is 7.69. The van der Waals surface area contributed by atoms with E-state index >= 15 is 0 Å². The number of benzene rings is 2. The van der Waals surface area contributed by atoms with Crippen LogP contribution in [-0.4, -0.2) is 18.0 Å². The summed E-state index contributed by atoms with van der Waals surface area (Å²) in [4.78, 5) is 16.4. The minimum atomic E-state index is -0.954. The highest BCUT2D eigenvalue weighted by molar-refractivity contribution is 6.04. The van der Waals surface area contributed by atoms with Crippen LogP contribution in [0.5, 0.6) is 5.75 Å². The third-order valence-electron chi connectivity index (χ3n) is 3.55. The maximum absolute atomic E-state index is 13.2. The van der Waals surface area contributed by atoms with Crippen LogP contribution in [0.15, 0.2) is 60.8 Å². The van der Waals surface area contributed by atoms with Crippen molar-refractivity contribution in [3.8, 4) is 5.75 Å². The summed E-state index contributed by atoms with van der Waals surface area (Å²) >= 11 is 0. The number of amides is 1. The minimum Gasteiger partial charge on any atom is -0.497 e. The van der Waals surface area contributed by atoms with Gasteiger partial charge in [0, 0.05) is 29.7 Å². The van der Waals surface area contributed by atoms with E-state index in [9.17, 15) is 13.6 Å². The van der Waals surface area contributed by atoms with Gasteiger partial charge in [-0.25, -0.2) is 13.8 Å². The molecular formula is C19H15F2N3O2. The van der Waals surface area contributed by atoms with Gasteiger partial charge in [-0.2, -0.15) is 0 Å². The molecule has 0 aliphatic rings. The van der Waals surface area contributed by atoms with Crippen molar-refractivity contribution in [2.24, 2.45) is 0 Å². The summed E-state index contributed by atoms with van der Waals surface area (Å²) in [6.45, 7) is 0. The number of aromatic nitrogens is 1. The van der Waals surface area contributed by atoms with Gasteiger partial charge in [-0.1, -0.05) is 6.07 Å². The zero-order chi connectivity index (χ0) is 18.5. The first-order chi connectivity index (χ1) is 12.5. The smallest absolute Gasteiger partial charge is 0.257 e. The van der Waals surface area contributed by atoms with Gasteiger partial charge >= 0.3 is 0 Å². The fourth-order valence-electron chi connectivity index (χ4n) is 2.23. The zero-order valence-corrected chi connectivity index (χ0v) is 13.8. The fraction of sp³-hybridized carbons (Fsp3) is 0.0526.